The van der Waals surface area contributed by atoms with Crippen LogP contribution in [0, 0.1) is 0 Å². The number of nitrogen functional groups attached to an aromatic ring is 1. The Kier molecular flexibility index (Phi) is 4.55. The second kappa shape index (κ2) is 6.25. The van der Waals surface area contributed by atoms with Crippen LogP contribution in [0.4, 0.5) is 35.0 Å². The smallest absolute Gasteiger partial charge is 0.418 e. The number of carbonyl (C=O) groups is 1. The molecular weight excluding hydrogens is 335 g/mol. The molecule has 23 heavy (non-hydrogen) atoms. The van der Waals surface area contributed by atoms with Gasteiger partial charge in [-0.2, -0.15) is 13.2 Å². The lowest BCUT2D eigenvalue weighted by atomic mass is 10.1. The van der Waals surface area contributed by atoms with Crippen LogP contribution in [0.25, 0.3) is 0 Å². The van der Waals surface area contributed by atoms with Crippen molar-refractivity contribution in [1.82, 2.24) is 0 Å². The first-order chi connectivity index (χ1) is 10.7. The van der Waals surface area contributed by atoms with Gasteiger partial charge in [-0.05, 0) is 18.2 Å². The van der Waals surface area contributed by atoms with Gasteiger partial charge in [0.15, 0.2) is 0 Å². The van der Waals surface area contributed by atoms with Gasteiger partial charge in [0.25, 0.3) is 0 Å². The van der Waals surface area contributed by atoms with Crippen molar-refractivity contribution in [3.05, 3.63) is 47.0 Å². The van der Waals surface area contributed by atoms with Crippen molar-refractivity contribution in [2.75, 3.05) is 16.4 Å². The summed E-state index contributed by atoms with van der Waals surface area (Å²) in [5, 5.41) is 14.0. The van der Waals surface area contributed by atoms with Crippen molar-refractivity contribution in [3.8, 4) is 5.75 Å². The van der Waals surface area contributed by atoms with E-state index in [4.69, 9.17) is 17.3 Å². The number of alkyl halides is 3. The number of phenols is 1. The lowest BCUT2D eigenvalue weighted by molar-refractivity contribution is -0.136. The van der Waals surface area contributed by atoms with Gasteiger partial charge >= 0.3 is 12.2 Å². The minimum atomic E-state index is -4.61. The molecule has 0 bridgehead atoms. The average Bonchev–Trinajstić information content (AvgIpc) is 2.44. The highest BCUT2D eigenvalue weighted by Gasteiger charge is 2.33. The Hall–Kier alpha value is -2.61. The largest absolute Gasteiger partial charge is 0.506 e. The third-order valence-corrected chi connectivity index (χ3v) is 3.17. The SMILES string of the molecule is Nc1cc(O)c(NC(=O)Nc2ccccc2C(F)(F)F)cc1Cl. The van der Waals surface area contributed by atoms with Crippen LogP contribution in [-0.4, -0.2) is 11.1 Å². The van der Waals surface area contributed by atoms with E-state index in [1.807, 2.05) is 0 Å². The van der Waals surface area contributed by atoms with Gasteiger partial charge in [-0.3, -0.25) is 0 Å². The molecule has 0 aliphatic carbocycles. The van der Waals surface area contributed by atoms with Crippen molar-refractivity contribution in [2.24, 2.45) is 0 Å². The molecule has 0 aliphatic rings. The first-order valence-corrected chi connectivity index (χ1v) is 6.58. The number of amides is 2. The maximum absolute atomic E-state index is 12.8. The third kappa shape index (κ3) is 3.98. The number of hydrogen-bond acceptors (Lipinski definition) is 3. The molecular formula is C14H11ClF3N3O2. The van der Waals surface area contributed by atoms with Gasteiger partial charge < -0.3 is 21.5 Å². The van der Waals surface area contributed by atoms with Crippen LogP contribution in [0.2, 0.25) is 5.02 Å². The maximum Gasteiger partial charge on any atom is 0.418 e. The van der Waals surface area contributed by atoms with Gasteiger partial charge in [-0.25, -0.2) is 4.79 Å². The van der Waals surface area contributed by atoms with Crippen LogP contribution < -0.4 is 16.4 Å². The number of hydrogen-bond donors (Lipinski definition) is 4. The molecule has 5 nitrogen and oxygen atoms in total. The molecule has 0 unspecified atom stereocenters. The molecule has 0 aliphatic heterocycles. The lowest BCUT2D eigenvalue weighted by Gasteiger charge is -2.14. The normalized spacial score (nSPS) is 11.1. The van der Waals surface area contributed by atoms with Crippen LogP contribution in [0.15, 0.2) is 36.4 Å². The van der Waals surface area contributed by atoms with Crippen molar-refractivity contribution < 1.29 is 23.1 Å². The molecule has 2 rings (SSSR count). The molecule has 122 valence electrons. The number of carbonyl (C=O) groups excluding carboxylic acids is 1. The molecule has 9 heteroatoms. The Balaban J connectivity index is 2.20. The highest BCUT2D eigenvalue weighted by Crippen LogP contribution is 2.35. The number of phenolic OH excluding ortho intramolecular Hbond substituents is 1. The number of rotatable bonds is 2. The van der Waals surface area contributed by atoms with E-state index in [1.165, 1.54) is 18.2 Å². The Labute approximate surface area is 133 Å². The van der Waals surface area contributed by atoms with E-state index in [9.17, 15) is 23.1 Å². The molecule has 0 aromatic heterocycles. The summed E-state index contributed by atoms with van der Waals surface area (Å²) >= 11 is 5.76. The fraction of sp³-hybridized carbons (Fsp3) is 0.0714. The topological polar surface area (TPSA) is 87.4 Å². The van der Waals surface area contributed by atoms with Crippen LogP contribution in [0.1, 0.15) is 5.56 Å². The predicted molar refractivity (Wildman–Crippen MR) is 81.6 cm³/mol. The molecule has 0 spiro atoms. The van der Waals surface area contributed by atoms with E-state index in [1.54, 1.807) is 0 Å². The van der Waals surface area contributed by atoms with Crippen LogP contribution in [-0.2, 0) is 6.18 Å². The second-order valence-corrected chi connectivity index (χ2v) is 4.92. The molecule has 0 radical (unpaired) electrons. The number of urea groups is 1. The average molecular weight is 346 g/mol. The molecule has 0 saturated heterocycles. The summed E-state index contributed by atoms with van der Waals surface area (Å²) in [6.45, 7) is 0. The number of anilines is 3. The van der Waals surface area contributed by atoms with Gasteiger partial charge in [0.1, 0.15) is 5.75 Å². The molecule has 2 amide bonds. The van der Waals surface area contributed by atoms with Gasteiger partial charge in [0.05, 0.1) is 27.6 Å². The zero-order valence-electron chi connectivity index (χ0n) is 11.4. The van der Waals surface area contributed by atoms with E-state index < -0.39 is 23.5 Å². The molecule has 0 atom stereocenters. The number of nitrogens with one attached hydrogen (secondary N) is 2. The summed E-state index contributed by atoms with van der Waals surface area (Å²) in [5.74, 6) is -0.369. The van der Waals surface area contributed by atoms with E-state index in [0.29, 0.717) is 0 Å². The van der Waals surface area contributed by atoms with Crippen LogP contribution >= 0.6 is 11.6 Å². The van der Waals surface area contributed by atoms with E-state index >= 15 is 0 Å². The summed E-state index contributed by atoms with van der Waals surface area (Å²) in [6, 6.07) is 5.83. The first kappa shape index (κ1) is 16.8. The van der Waals surface area contributed by atoms with E-state index in [2.05, 4.69) is 10.6 Å². The summed E-state index contributed by atoms with van der Waals surface area (Å²) in [7, 11) is 0. The van der Waals surface area contributed by atoms with Crippen molar-refractivity contribution in [1.29, 1.82) is 0 Å². The fourth-order valence-electron chi connectivity index (χ4n) is 1.79. The van der Waals surface area contributed by atoms with Crippen molar-refractivity contribution in [2.45, 2.75) is 6.18 Å². The highest BCUT2D eigenvalue weighted by molar-refractivity contribution is 6.33. The molecule has 0 saturated carbocycles. The monoisotopic (exact) mass is 345 g/mol. The summed E-state index contributed by atoms with van der Waals surface area (Å²) < 4.78 is 38.5. The Morgan fingerprint density at radius 1 is 1.13 bits per heavy atom. The van der Waals surface area contributed by atoms with E-state index in [0.717, 1.165) is 18.2 Å². The molecule has 0 fully saturated rings. The quantitative estimate of drug-likeness (QED) is 0.483. The minimum Gasteiger partial charge on any atom is -0.506 e. The van der Waals surface area contributed by atoms with Crippen LogP contribution in [0.3, 0.4) is 0 Å². The molecule has 5 N–H and O–H groups in total. The molecule has 2 aromatic carbocycles. The lowest BCUT2D eigenvalue weighted by Crippen LogP contribution is -2.22. The Bertz CT molecular complexity index is 751. The number of nitrogens with two attached hydrogens (primary N) is 1. The number of benzene rings is 2. The predicted octanol–water partition coefficient (Wildman–Crippen LogP) is 4.29. The highest BCUT2D eigenvalue weighted by atomic mass is 35.5. The minimum absolute atomic E-state index is 0.0776. The fourth-order valence-corrected chi connectivity index (χ4v) is 1.96. The van der Waals surface area contributed by atoms with Gasteiger partial charge in [0.2, 0.25) is 0 Å². The second-order valence-electron chi connectivity index (χ2n) is 4.51. The Morgan fingerprint density at radius 2 is 1.74 bits per heavy atom. The number of aromatic hydroxyl groups is 1. The first-order valence-electron chi connectivity index (χ1n) is 6.20. The number of para-hydroxylation sites is 1. The van der Waals surface area contributed by atoms with Crippen molar-refractivity contribution >= 4 is 34.7 Å². The summed E-state index contributed by atoms with van der Waals surface area (Å²) in [5.41, 5.74) is 4.06. The van der Waals surface area contributed by atoms with Gasteiger partial charge in [-0.15, -0.1) is 0 Å². The Morgan fingerprint density at radius 3 is 2.39 bits per heavy atom. The summed E-state index contributed by atoms with van der Waals surface area (Å²) in [4.78, 5) is 11.8. The maximum atomic E-state index is 12.8. The van der Waals surface area contributed by atoms with Crippen molar-refractivity contribution in [3.63, 3.8) is 0 Å². The molecule has 0 heterocycles. The standard InChI is InChI=1S/C14H11ClF3N3O2/c15-8-5-11(12(22)6-9(8)19)21-13(23)20-10-4-2-1-3-7(10)14(16,17)18/h1-6,22H,19H2,(H2,20,21,23). The van der Waals surface area contributed by atoms with Crippen LogP contribution in [0.5, 0.6) is 5.75 Å². The zero-order chi connectivity index (χ0) is 17.2. The zero-order valence-corrected chi connectivity index (χ0v) is 12.2. The third-order valence-electron chi connectivity index (χ3n) is 2.84. The number of halogens is 4. The van der Waals surface area contributed by atoms with Gasteiger partial charge in [-0.1, -0.05) is 23.7 Å². The molecule has 2 aromatic rings. The van der Waals surface area contributed by atoms with E-state index in [-0.39, 0.29) is 22.1 Å². The van der Waals surface area contributed by atoms with Gasteiger partial charge in [0, 0.05) is 6.07 Å². The summed E-state index contributed by atoms with van der Waals surface area (Å²) in [6.07, 6.45) is -4.61.